The van der Waals surface area contributed by atoms with Crippen molar-refractivity contribution in [1.29, 1.82) is 0 Å². The molecule has 4 aromatic rings. The molecule has 0 amide bonds. The van der Waals surface area contributed by atoms with E-state index in [2.05, 4.69) is 35.0 Å². The molecule has 0 fully saturated rings. The molecule has 14 heteroatoms. The van der Waals surface area contributed by atoms with Gasteiger partial charge in [-0.2, -0.15) is 0 Å². The molecule has 0 aliphatic carbocycles. The number of aromatic nitrogens is 7. The zero-order valence-corrected chi connectivity index (χ0v) is 20.0. The lowest BCUT2D eigenvalue weighted by Gasteiger charge is -2.20. The second-order valence-electron chi connectivity index (χ2n) is 7.39. The van der Waals surface area contributed by atoms with Gasteiger partial charge in [-0.25, -0.2) is 23.4 Å². The normalized spacial score (nSPS) is 13.4. The van der Waals surface area contributed by atoms with Gasteiger partial charge in [-0.05, 0) is 13.0 Å². The Kier molecular flexibility index (Phi) is 6.75. The molecule has 0 saturated carbocycles. The Morgan fingerprint density at radius 3 is 2.62 bits per heavy atom. The minimum absolute atomic E-state index is 0.00121. The van der Waals surface area contributed by atoms with Crippen molar-refractivity contribution >= 4 is 27.6 Å². The minimum Gasteiger partial charge on any atom is -0.481 e. The maximum absolute atomic E-state index is 13.2. The van der Waals surface area contributed by atoms with E-state index in [0.29, 0.717) is 33.9 Å². The summed E-state index contributed by atoms with van der Waals surface area (Å²) >= 11 is 5.84. The highest BCUT2D eigenvalue weighted by Crippen LogP contribution is 2.26. The Balaban J connectivity index is 1.67. The van der Waals surface area contributed by atoms with Gasteiger partial charge in [-0.3, -0.25) is 9.29 Å². The first-order valence-corrected chi connectivity index (χ1v) is 12.0. The van der Waals surface area contributed by atoms with E-state index < -0.39 is 21.2 Å². The Bertz CT molecular complexity index is 1360. The van der Waals surface area contributed by atoms with Crippen LogP contribution in [0.2, 0.25) is 5.02 Å². The number of rotatable bonds is 9. The first-order valence-electron chi connectivity index (χ1n) is 10.1. The molecule has 0 aliphatic heterocycles. The summed E-state index contributed by atoms with van der Waals surface area (Å²) in [6, 6.07) is 6.81. The highest BCUT2D eigenvalue weighted by atomic mass is 35.5. The highest BCUT2D eigenvalue weighted by molar-refractivity contribution is 7.93. The number of hydrogen-bond donors (Lipinski definition) is 1. The third kappa shape index (κ3) is 4.99. The second kappa shape index (κ2) is 9.73. The summed E-state index contributed by atoms with van der Waals surface area (Å²) in [4.78, 5) is 12.7. The summed E-state index contributed by atoms with van der Waals surface area (Å²) in [5.74, 6) is 0.523. The summed E-state index contributed by atoms with van der Waals surface area (Å²) in [5.41, 5.74) is 0.983. The number of sulfonamides is 1. The summed E-state index contributed by atoms with van der Waals surface area (Å²) in [6.45, 7) is 3.42. The zero-order chi connectivity index (χ0) is 24.3. The Morgan fingerprint density at radius 2 is 1.94 bits per heavy atom. The van der Waals surface area contributed by atoms with E-state index >= 15 is 0 Å². The molecular formula is C20H21ClN8O4S. The van der Waals surface area contributed by atoms with Crippen LogP contribution in [0.15, 0.2) is 47.4 Å². The lowest BCUT2D eigenvalue weighted by atomic mass is 10.1. The molecule has 0 radical (unpaired) electrons. The van der Waals surface area contributed by atoms with Crippen LogP contribution in [0.3, 0.4) is 0 Å². The van der Waals surface area contributed by atoms with Gasteiger partial charge in [-0.15, -0.1) is 10.2 Å². The number of nitrogens with zero attached hydrogens (tertiary/aromatic N) is 7. The number of hydrogen-bond acceptors (Lipinski definition) is 10. The van der Waals surface area contributed by atoms with E-state index in [1.165, 1.54) is 25.8 Å². The first-order chi connectivity index (χ1) is 16.3. The van der Waals surface area contributed by atoms with Crippen LogP contribution in [0, 0.1) is 0 Å². The van der Waals surface area contributed by atoms with Crippen molar-refractivity contribution in [3.05, 3.63) is 59.5 Å². The average molecular weight is 505 g/mol. The topological polar surface area (TPSA) is 151 Å². The van der Waals surface area contributed by atoms with Crippen LogP contribution in [0.5, 0.6) is 5.88 Å². The van der Waals surface area contributed by atoms with Crippen molar-refractivity contribution < 1.29 is 17.7 Å². The molecule has 0 saturated heterocycles. The quantitative estimate of drug-likeness (QED) is 0.360. The number of nitrogens with one attached hydrogen (secondary N) is 1. The van der Waals surface area contributed by atoms with Crippen LogP contribution in [-0.2, 0) is 16.6 Å². The highest BCUT2D eigenvalue weighted by Gasteiger charge is 2.31. The predicted octanol–water partition coefficient (Wildman–Crippen LogP) is 2.76. The molecule has 34 heavy (non-hydrogen) atoms. The number of pyridine rings is 1. The third-order valence-electron chi connectivity index (χ3n) is 5.20. The molecule has 0 bridgehead atoms. The SMILES string of the molecule is COc1cccc(-c2nnc(NS(=O)(=O)C(C)C(C)c3ncc(Cl)cn3)n2Cc2ccon2)n1. The number of ether oxygens (including phenoxy) is 1. The van der Waals surface area contributed by atoms with Crippen LogP contribution in [-0.4, -0.2) is 55.7 Å². The molecule has 2 unspecified atom stereocenters. The summed E-state index contributed by atoms with van der Waals surface area (Å²) in [7, 11) is -2.43. The molecule has 4 aromatic heterocycles. The summed E-state index contributed by atoms with van der Waals surface area (Å²) in [5, 5.41) is 11.6. The van der Waals surface area contributed by atoms with Crippen LogP contribution in [0.25, 0.3) is 11.5 Å². The summed E-state index contributed by atoms with van der Waals surface area (Å²) < 4.78 is 40.7. The van der Waals surface area contributed by atoms with E-state index in [1.54, 1.807) is 42.7 Å². The molecule has 178 valence electrons. The third-order valence-corrected chi connectivity index (χ3v) is 7.25. The minimum atomic E-state index is -3.93. The second-order valence-corrected chi connectivity index (χ2v) is 9.86. The van der Waals surface area contributed by atoms with E-state index in [0.717, 1.165) is 0 Å². The molecule has 4 heterocycles. The maximum atomic E-state index is 13.2. The zero-order valence-electron chi connectivity index (χ0n) is 18.5. The van der Waals surface area contributed by atoms with E-state index in [-0.39, 0.29) is 12.5 Å². The van der Waals surface area contributed by atoms with Gasteiger partial charge in [0.25, 0.3) is 0 Å². The van der Waals surface area contributed by atoms with E-state index in [4.69, 9.17) is 20.9 Å². The van der Waals surface area contributed by atoms with Gasteiger partial charge in [0.05, 0.1) is 23.9 Å². The number of methoxy groups -OCH3 is 1. The molecule has 1 N–H and O–H groups in total. The van der Waals surface area contributed by atoms with Crippen molar-refractivity contribution in [1.82, 2.24) is 34.9 Å². The lowest BCUT2D eigenvalue weighted by Crippen LogP contribution is -2.31. The standard InChI is InChI=1S/C20H21ClN8O4S/c1-12(18-22-9-14(21)10-23-18)13(2)34(30,31)28-20-26-25-19(16-5-4-6-17(24-16)32-3)29(20)11-15-7-8-33-27-15/h4-10,12-13H,11H2,1-3H3,(H,26,28). The predicted molar refractivity (Wildman–Crippen MR) is 123 cm³/mol. The van der Waals surface area contributed by atoms with Crippen molar-refractivity contribution in [3.8, 4) is 17.4 Å². The van der Waals surface area contributed by atoms with Crippen molar-refractivity contribution in [2.24, 2.45) is 0 Å². The van der Waals surface area contributed by atoms with Gasteiger partial charge in [0.15, 0.2) is 5.82 Å². The fourth-order valence-corrected chi connectivity index (χ4v) is 4.46. The van der Waals surface area contributed by atoms with Crippen molar-refractivity contribution in [3.63, 3.8) is 0 Å². The summed E-state index contributed by atoms with van der Waals surface area (Å²) in [6.07, 6.45) is 4.27. The van der Waals surface area contributed by atoms with Gasteiger partial charge in [0, 0.05) is 30.4 Å². The Hall–Kier alpha value is -3.58. The van der Waals surface area contributed by atoms with E-state index in [1.807, 2.05) is 0 Å². The fraction of sp³-hybridized carbons (Fsp3) is 0.300. The molecule has 4 rings (SSSR count). The van der Waals surface area contributed by atoms with Gasteiger partial charge in [0.1, 0.15) is 23.5 Å². The van der Waals surface area contributed by atoms with Gasteiger partial charge >= 0.3 is 0 Å². The molecule has 2 atom stereocenters. The number of anilines is 1. The molecule has 12 nitrogen and oxygen atoms in total. The van der Waals surface area contributed by atoms with E-state index in [9.17, 15) is 8.42 Å². The van der Waals surface area contributed by atoms with Gasteiger partial charge in [-0.1, -0.05) is 29.7 Å². The number of halogens is 1. The van der Waals surface area contributed by atoms with Crippen LogP contribution >= 0.6 is 11.6 Å². The Morgan fingerprint density at radius 1 is 1.18 bits per heavy atom. The van der Waals surface area contributed by atoms with Crippen LogP contribution in [0.1, 0.15) is 31.3 Å². The van der Waals surface area contributed by atoms with Gasteiger partial charge in [0.2, 0.25) is 21.9 Å². The molecule has 0 spiro atoms. The van der Waals surface area contributed by atoms with Crippen molar-refractivity contribution in [2.45, 2.75) is 31.6 Å². The maximum Gasteiger partial charge on any atom is 0.238 e. The van der Waals surface area contributed by atoms with Gasteiger partial charge < -0.3 is 9.26 Å². The van der Waals surface area contributed by atoms with Crippen LogP contribution in [0.4, 0.5) is 5.95 Å². The fourth-order valence-electron chi connectivity index (χ4n) is 3.11. The monoisotopic (exact) mass is 504 g/mol. The van der Waals surface area contributed by atoms with Crippen LogP contribution < -0.4 is 9.46 Å². The Labute approximate surface area is 200 Å². The lowest BCUT2D eigenvalue weighted by molar-refractivity contribution is 0.398. The molecule has 0 aromatic carbocycles. The smallest absolute Gasteiger partial charge is 0.238 e. The molecule has 0 aliphatic rings. The van der Waals surface area contributed by atoms with Crippen molar-refractivity contribution in [2.75, 3.05) is 11.8 Å². The largest absolute Gasteiger partial charge is 0.481 e. The average Bonchev–Trinajstić information content (AvgIpc) is 3.49. The molecular weight excluding hydrogens is 484 g/mol. The first kappa shape index (κ1) is 23.6.